The van der Waals surface area contributed by atoms with Gasteiger partial charge in [0, 0.05) is 17.5 Å². The van der Waals surface area contributed by atoms with Crippen LogP contribution in [0.25, 0.3) is 17.3 Å². The van der Waals surface area contributed by atoms with Crippen LogP contribution in [0.15, 0.2) is 66.2 Å². The lowest BCUT2D eigenvalue weighted by molar-refractivity contribution is 0.572. The van der Waals surface area contributed by atoms with E-state index in [-0.39, 0.29) is 0 Å². The van der Waals surface area contributed by atoms with Crippen LogP contribution in [0, 0.1) is 12.9 Å². The molecule has 0 aliphatic heterocycles. The van der Waals surface area contributed by atoms with Gasteiger partial charge in [-0.2, -0.15) is 4.39 Å². The average molecular weight is 337 g/mol. The molecule has 0 unspecified atom stereocenters. The Hall–Kier alpha value is -2.66. The fourth-order valence-electron chi connectivity index (χ4n) is 2.30. The number of hydrogen-bond acceptors (Lipinski definition) is 4. The molecule has 1 N–H and O–H groups in total. The van der Waals surface area contributed by atoms with E-state index in [4.69, 9.17) is 0 Å². The molecule has 3 nitrogen and oxygen atoms in total. The van der Waals surface area contributed by atoms with E-state index in [0.29, 0.717) is 10.8 Å². The minimum atomic E-state index is -0.501. The normalized spacial score (nSPS) is 10.4. The molecule has 0 fully saturated rings. The second-order valence-corrected chi connectivity index (χ2v) is 5.98. The van der Waals surface area contributed by atoms with Crippen LogP contribution in [0.3, 0.4) is 0 Å². The van der Waals surface area contributed by atoms with Crippen molar-refractivity contribution >= 4 is 23.8 Å². The summed E-state index contributed by atoms with van der Waals surface area (Å²) in [6, 6.07) is 16.6. The van der Waals surface area contributed by atoms with Crippen molar-refractivity contribution in [1.29, 1.82) is 0 Å². The summed E-state index contributed by atoms with van der Waals surface area (Å²) < 4.78 is 16.3. The van der Waals surface area contributed by atoms with Gasteiger partial charge in [-0.3, -0.25) is 0 Å². The van der Waals surface area contributed by atoms with Gasteiger partial charge in [0.05, 0.1) is 5.69 Å². The van der Waals surface area contributed by atoms with E-state index in [1.807, 2.05) is 49.4 Å². The lowest BCUT2D eigenvalue weighted by atomic mass is 10.0. The Kier molecular flexibility index (Phi) is 4.91. The molecule has 0 bridgehead atoms. The molecule has 0 saturated heterocycles. The Morgan fingerprint density at radius 2 is 1.88 bits per heavy atom. The molecule has 0 aliphatic rings. The highest BCUT2D eigenvalue weighted by Gasteiger charge is 2.09. The van der Waals surface area contributed by atoms with Gasteiger partial charge in [0.25, 0.3) is 0 Å². The van der Waals surface area contributed by atoms with Gasteiger partial charge in [-0.15, -0.1) is 0 Å². The van der Waals surface area contributed by atoms with E-state index >= 15 is 0 Å². The molecule has 120 valence electrons. The number of aromatic nitrogens is 2. The van der Waals surface area contributed by atoms with Crippen LogP contribution >= 0.6 is 11.9 Å². The van der Waals surface area contributed by atoms with Gasteiger partial charge in [-0.05, 0) is 36.2 Å². The summed E-state index contributed by atoms with van der Waals surface area (Å²) in [5.41, 5.74) is 4.03. The maximum atomic E-state index is 13.1. The molecule has 2 aromatic heterocycles. The second kappa shape index (κ2) is 7.27. The summed E-state index contributed by atoms with van der Waals surface area (Å²) in [6.45, 7) is 5.88. The molecular weight excluding hydrogens is 321 g/mol. The van der Waals surface area contributed by atoms with Crippen LogP contribution in [-0.4, -0.2) is 9.97 Å². The van der Waals surface area contributed by atoms with Gasteiger partial charge < -0.3 is 4.72 Å². The first-order chi connectivity index (χ1) is 11.7. The third-order valence-electron chi connectivity index (χ3n) is 3.48. The van der Waals surface area contributed by atoms with Gasteiger partial charge in [0.1, 0.15) is 10.8 Å². The number of nitrogens with zero attached hydrogens (tertiary/aromatic N) is 2. The first-order valence-corrected chi connectivity index (χ1v) is 8.24. The first-order valence-electron chi connectivity index (χ1n) is 7.42. The molecule has 0 aliphatic carbocycles. The number of aryl methyl sites for hydroxylation is 1. The highest BCUT2D eigenvalue weighted by Crippen LogP contribution is 2.28. The van der Waals surface area contributed by atoms with E-state index in [0.717, 1.165) is 22.4 Å². The number of hydrogen-bond donors (Lipinski definition) is 1. The van der Waals surface area contributed by atoms with E-state index in [1.165, 1.54) is 18.0 Å². The molecule has 0 saturated carbocycles. The van der Waals surface area contributed by atoms with Crippen molar-refractivity contribution in [1.82, 2.24) is 9.97 Å². The molecule has 5 heteroatoms. The summed E-state index contributed by atoms with van der Waals surface area (Å²) in [6.07, 6.45) is 1.82. The van der Waals surface area contributed by atoms with Crippen LogP contribution in [0.5, 0.6) is 0 Å². The predicted octanol–water partition coefficient (Wildman–Crippen LogP) is 5.35. The Morgan fingerprint density at radius 1 is 1.04 bits per heavy atom. The third-order valence-corrected chi connectivity index (χ3v) is 4.23. The maximum absolute atomic E-state index is 13.1. The Bertz CT molecular complexity index is 880. The molecule has 0 radical (unpaired) electrons. The average Bonchev–Trinajstić information content (AvgIpc) is 2.61. The highest BCUT2D eigenvalue weighted by atomic mass is 32.2. The quantitative estimate of drug-likeness (QED) is 0.503. The van der Waals surface area contributed by atoms with Crippen molar-refractivity contribution in [3.05, 3.63) is 78.3 Å². The zero-order valence-corrected chi connectivity index (χ0v) is 14.0. The Morgan fingerprint density at radius 3 is 2.67 bits per heavy atom. The predicted molar refractivity (Wildman–Crippen MR) is 98.2 cm³/mol. The van der Waals surface area contributed by atoms with Crippen molar-refractivity contribution in [3.63, 3.8) is 0 Å². The van der Waals surface area contributed by atoms with Crippen molar-refractivity contribution in [2.24, 2.45) is 0 Å². The standard InChI is InChI=1S/C19H16FN3S/c1-3-14-7-4-5-8-15(14)19-13(2)11-12-17(22-19)23-24-18-10-6-9-16(20)21-18/h3-12H,1H2,2H3,(H,22,23). The Labute approximate surface area is 144 Å². The number of halogens is 1. The first kappa shape index (κ1) is 16.2. The zero-order valence-electron chi connectivity index (χ0n) is 13.2. The number of nitrogens with one attached hydrogen (secondary N) is 1. The van der Waals surface area contributed by atoms with Gasteiger partial charge in [-0.1, -0.05) is 49.1 Å². The van der Waals surface area contributed by atoms with Gasteiger partial charge in [-0.25, -0.2) is 9.97 Å². The summed E-state index contributed by atoms with van der Waals surface area (Å²) in [7, 11) is 0. The summed E-state index contributed by atoms with van der Waals surface area (Å²) in [4.78, 5) is 8.49. The molecular formula is C19H16FN3S. The second-order valence-electron chi connectivity index (χ2n) is 5.16. The minimum absolute atomic E-state index is 0.501. The van der Waals surface area contributed by atoms with Crippen molar-refractivity contribution < 1.29 is 4.39 Å². The van der Waals surface area contributed by atoms with Crippen molar-refractivity contribution in [2.75, 3.05) is 4.72 Å². The molecule has 24 heavy (non-hydrogen) atoms. The topological polar surface area (TPSA) is 37.8 Å². The number of pyridine rings is 2. The molecule has 1 aromatic carbocycles. The van der Waals surface area contributed by atoms with Gasteiger partial charge in [0.2, 0.25) is 5.95 Å². The maximum Gasteiger partial charge on any atom is 0.213 e. The summed E-state index contributed by atoms with van der Waals surface area (Å²) in [5.74, 6) is 0.185. The fraction of sp³-hybridized carbons (Fsp3) is 0.0526. The van der Waals surface area contributed by atoms with Gasteiger partial charge in [0.15, 0.2) is 0 Å². The van der Waals surface area contributed by atoms with E-state index in [2.05, 4.69) is 21.3 Å². The zero-order chi connectivity index (χ0) is 16.9. The fourth-order valence-corrected chi connectivity index (χ4v) is 2.90. The van der Waals surface area contributed by atoms with Gasteiger partial charge >= 0.3 is 0 Å². The van der Waals surface area contributed by atoms with Crippen LogP contribution in [0.4, 0.5) is 10.2 Å². The van der Waals surface area contributed by atoms with Crippen molar-refractivity contribution in [2.45, 2.75) is 11.9 Å². The van der Waals surface area contributed by atoms with E-state index in [1.54, 1.807) is 12.1 Å². The lowest BCUT2D eigenvalue weighted by Crippen LogP contribution is -1.97. The molecule has 0 amide bonds. The smallest absolute Gasteiger partial charge is 0.213 e. The monoisotopic (exact) mass is 337 g/mol. The molecule has 0 atom stereocenters. The van der Waals surface area contributed by atoms with E-state index in [9.17, 15) is 4.39 Å². The SMILES string of the molecule is C=Cc1ccccc1-c1nc(NSc2cccc(F)n2)ccc1C. The molecule has 2 heterocycles. The molecule has 0 spiro atoms. The highest BCUT2D eigenvalue weighted by molar-refractivity contribution is 8.00. The van der Waals surface area contributed by atoms with Crippen molar-refractivity contribution in [3.8, 4) is 11.3 Å². The summed E-state index contributed by atoms with van der Waals surface area (Å²) in [5, 5.41) is 0.547. The van der Waals surface area contributed by atoms with Crippen LogP contribution < -0.4 is 4.72 Å². The minimum Gasteiger partial charge on any atom is -0.309 e. The molecule has 3 rings (SSSR count). The van der Waals surface area contributed by atoms with E-state index < -0.39 is 5.95 Å². The lowest BCUT2D eigenvalue weighted by Gasteiger charge is -2.11. The van der Waals surface area contributed by atoms with Crippen LogP contribution in [0.1, 0.15) is 11.1 Å². The van der Waals surface area contributed by atoms with Crippen LogP contribution in [0.2, 0.25) is 0 Å². The molecule has 3 aromatic rings. The van der Waals surface area contributed by atoms with Crippen LogP contribution in [-0.2, 0) is 0 Å². The number of anilines is 1. The Balaban J connectivity index is 1.87. The number of benzene rings is 1. The number of rotatable bonds is 5. The largest absolute Gasteiger partial charge is 0.309 e. The summed E-state index contributed by atoms with van der Waals surface area (Å²) >= 11 is 1.22. The third kappa shape index (κ3) is 3.63.